The predicted octanol–water partition coefficient (Wildman–Crippen LogP) is 4.10. The van der Waals surface area contributed by atoms with E-state index in [1.54, 1.807) is 12.1 Å². The molecule has 28 heavy (non-hydrogen) atoms. The van der Waals surface area contributed by atoms with Crippen LogP contribution >= 0.6 is 11.3 Å². The molecule has 2 aromatic heterocycles. The van der Waals surface area contributed by atoms with Gasteiger partial charge >= 0.3 is 0 Å². The van der Waals surface area contributed by atoms with Crippen LogP contribution in [0.1, 0.15) is 29.8 Å². The molecule has 0 saturated carbocycles. The Morgan fingerprint density at radius 1 is 1.21 bits per heavy atom. The first-order valence-electron chi connectivity index (χ1n) is 9.03. The summed E-state index contributed by atoms with van der Waals surface area (Å²) in [6.45, 7) is 3.44. The molecule has 3 N–H and O–H groups in total. The number of hydrogen-bond acceptors (Lipinski definition) is 4. The standard InChI is InChI=1S/C21H20N4O2S/c1-12(9-15-11-22-17-6-4-3-5-16(15)17)23-20(27)14-7-8-18-19(10-14)28-21(25-18)24-13(2)26/h3-8,10-12,22H,9H2,1-2H3,(H,23,27)(H,24,25,26). The van der Waals surface area contributed by atoms with Crippen LogP contribution in [-0.4, -0.2) is 27.8 Å². The van der Waals surface area contributed by atoms with Crippen molar-refractivity contribution in [3.8, 4) is 0 Å². The van der Waals surface area contributed by atoms with Gasteiger partial charge in [0.2, 0.25) is 5.91 Å². The molecule has 2 aromatic carbocycles. The van der Waals surface area contributed by atoms with Crippen molar-refractivity contribution in [2.24, 2.45) is 0 Å². The van der Waals surface area contributed by atoms with Crippen molar-refractivity contribution >= 4 is 49.4 Å². The number of para-hydroxylation sites is 1. The van der Waals surface area contributed by atoms with Crippen molar-refractivity contribution in [2.75, 3.05) is 5.32 Å². The van der Waals surface area contributed by atoms with E-state index in [0.29, 0.717) is 10.7 Å². The number of aromatic amines is 1. The molecule has 7 heteroatoms. The van der Waals surface area contributed by atoms with E-state index in [9.17, 15) is 9.59 Å². The number of H-pyrrole nitrogens is 1. The summed E-state index contributed by atoms with van der Waals surface area (Å²) in [7, 11) is 0. The molecule has 6 nitrogen and oxygen atoms in total. The van der Waals surface area contributed by atoms with Crippen LogP contribution in [0.2, 0.25) is 0 Å². The minimum atomic E-state index is -0.164. The Labute approximate surface area is 166 Å². The van der Waals surface area contributed by atoms with Gasteiger partial charge in [-0.25, -0.2) is 4.98 Å². The van der Waals surface area contributed by atoms with E-state index in [-0.39, 0.29) is 17.9 Å². The molecule has 0 fully saturated rings. The molecule has 0 spiro atoms. The largest absolute Gasteiger partial charge is 0.361 e. The van der Waals surface area contributed by atoms with Crippen LogP contribution in [0.15, 0.2) is 48.7 Å². The van der Waals surface area contributed by atoms with Gasteiger partial charge in [-0.05, 0) is 43.2 Å². The van der Waals surface area contributed by atoms with Gasteiger partial charge in [0, 0.05) is 35.6 Å². The molecule has 0 aliphatic rings. The third kappa shape index (κ3) is 3.75. The average Bonchev–Trinajstić information content (AvgIpc) is 3.24. The number of carbonyl (C=O) groups is 2. The van der Waals surface area contributed by atoms with Crippen LogP contribution < -0.4 is 10.6 Å². The minimum absolute atomic E-state index is 0.0150. The first kappa shape index (κ1) is 18.2. The van der Waals surface area contributed by atoms with Gasteiger partial charge < -0.3 is 15.6 Å². The van der Waals surface area contributed by atoms with Crippen molar-refractivity contribution in [1.82, 2.24) is 15.3 Å². The Morgan fingerprint density at radius 3 is 2.86 bits per heavy atom. The molecule has 0 bridgehead atoms. The van der Waals surface area contributed by atoms with Gasteiger partial charge in [-0.2, -0.15) is 0 Å². The molecule has 1 atom stereocenters. The molecular weight excluding hydrogens is 372 g/mol. The summed E-state index contributed by atoms with van der Waals surface area (Å²) < 4.78 is 0.862. The van der Waals surface area contributed by atoms with Crippen LogP contribution in [0.25, 0.3) is 21.1 Å². The number of thiazole rings is 1. The van der Waals surface area contributed by atoms with Crippen LogP contribution in [0.3, 0.4) is 0 Å². The molecule has 1 unspecified atom stereocenters. The summed E-state index contributed by atoms with van der Waals surface area (Å²) in [5.41, 5.74) is 3.62. The Kier molecular flexibility index (Phi) is 4.83. The zero-order valence-electron chi connectivity index (χ0n) is 15.6. The van der Waals surface area contributed by atoms with Gasteiger partial charge in [-0.3, -0.25) is 9.59 Å². The van der Waals surface area contributed by atoms with E-state index in [0.717, 1.165) is 22.2 Å². The van der Waals surface area contributed by atoms with Gasteiger partial charge in [-0.1, -0.05) is 29.5 Å². The number of amides is 2. The Balaban J connectivity index is 1.47. The highest BCUT2D eigenvalue weighted by Gasteiger charge is 2.14. The van der Waals surface area contributed by atoms with E-state index in [1.807, 2.05) is 37.4 Å². The number of hydrogen-bond donors (Lipinski definition) is 3. The van der Waals surface area contributed by atoms with Gasteiger partial charge in [0.15, 0.2) is 5.13 Å². The topological polar surface area (TPSA) is 86.9 Å². The van der Waals surface area contributed by atoms with Crippen molar-refractivity contribution in [1.29, 1.82) is 0 Å². The second-order valence-corrected chi connectivity index (χ2v) is 7.85. The zero-order chi connectivity index (χ0) is 19.7. The van der Waals surface area contributed by atoms with Crippen molar-refractivity contribution in [2.45, 2.75) is 26.3 Å². The molecule has 0 aliphatic heterocycles. The van der Waals surface area contributed by atoms with Crippen LogP contribution in [0.5, 0.6) is 0 Å². The number of benzene rings is 2. The summed E-state index contributed by atoms with van der Waals surface area (Å²) >= 11 is 1.35. The minimum Gasteiger partial charge on any atom is -0.361 e. The smallest absolute Gasteiger partial charge is 0.251 e. The normalized spacial score (nSPS) is 12.2. The molecule has 4 rings (SSSR count). The first-order chi connectivity index (χ1) is 13.5. The highest BCUT2D eigenvalue weighted by atomic mass is 32.1. The number of nitrogens with one attached hydrogen (secondary N) is 3. The lowest BCUT2D eigenvalue weighted by Gasteiger charge is -2.13. The van der Waals surface area contributed by atoms with Crippen molar-refractivity contribution in [3.05, 3.63) is 59.8 Å². The van der Waals surface area contributed by atoms with Gasteiger partial charge in [0.05, 0.1) is 10.2 Å². The zero-order valence-corrected chi connectivity index (χ0v) is 16.4. The van der Waals surface area contributed by atoms with Crippen LogP contribution in [0.4, 0.5) is 5.13 Å². The van der Waals surface area contributed by atoms with Gasteiger partial charge in [0.1, 0.15) is 0 Å². The maximum Gasteiger partial charge on any atom is 0.251 e. The summed E-state index contributed by atoms with van der Waals surface area (Å²) in [6.07, 6.45) is 2.74. The number of aromatic nitrogens is 2. The number of nitrogens with zero attached hydrogens (tertiary/aromatic N) is 1. The average molecular weight is 392 g/mol. The maximum absolute atomic E-state index is 12.7. The van der Waals surface area contributed by atoms with Crippen molar-refractivity contribution < 1.29 is 9.59 Å². The van der Waals surface area contributed by atoms with Crippen LogP contribution in [0, 0.1) is 0 Å². The first-order valence-corrected chi connectivity index (χ1v) is 9.85. The third-order valence-corrected chi connectivity index (χ3v) is 5.45. The second kappa shape index (κ2) is 7.44. The van der Waals surface area contributed by atoms with Gasteiger partial charge in [-0.15, -0.1) is 0 Å². The third-order valence-electron chi connectivity index (χ3n) is 4.51. The second-order valence-electron chi connectivity index (χ2n) is 6.82. The lowest BCUT2D eigenvalue weighted by molar-refractivity contribution is -0.114. The number of fused-ring (bicyclic) bond motifs is 2. The quantitative estimate of drug-likeness (QED) is 0.478. The molecule has 0 saturated heterocycles. The van der Waals surface area contributed by atoms with Gasteiger partial charge in [0.25, 0.3) is 5.91 Å². The summed E-state index contributed by atoms with van der Waals surface area (Å²) in [5, 5.41) is 7.46. The number of anilines is 1. The monoisotopic (exact) mass is 392 g/mol. The van der Waals surface area contributed by atoms with Crippen molar-refractivity contribution in [3.63, 3.8) is 0 Å². The Morgan fingerprint density at radius 2 is 2.04 bits per heavy atom. The van der Waals surface area contributed by atoms with E-state index in [4.69, 9.17) is 0 Å². The summed E-state index contributed by atoms with van der Waals surface area (Å²) in [5.74, 6) is -0.285. The maximum atomic E-state index is 12.7. The Bertz CT molecular complexity index is 1180. The number of carbonyl (C=O) groups excluding carboxylic acids is 2. The molecule has 2 amide bonds. The molecule has 0 aliphatic carbocycles. The Hall–Kier alpha value is -3.19. The highest BCUT2D eigenvalue weighted by Crippen LogP contribution is 2.27. The molecular formula is C21H20N4O2S. The van der Waals surface area contributed by atoms with E-state index in [1.165, 1.54) is 29.2 Å². The fourth-order valence-electron chi connectivity index (χ4n) is 3.26. The fourth-order valence-corrected chi connectivity index (χ4v) is 4.21. The molecule has 4 aromatic rings. The fraction of sp³-hybridized carbons (Fsp3) is 0.190. The molecule has 0 radical (unpaired) electrons. The van der Waals surface area contributed by atoms with E-state index in [2.05, 4.69) is 26.7 Å². The SMILES string of the molecule is CC(=O)Nc1nc2ccc(C(=O)NC(C)Cc3c[nH]c4ccccc34)cc2s1. The molecule has 142 valence electrons. The summed E-state index contributed by atoms with van der Waals surface area (Å²) in [6, 6.07) is 13.5. The summed E-state index contributed by atoms with van der Waals surface area (Å²) in [4.78, 5) is 31.5. The number of rotatable bonds is 5. The van der Waals surface area contributed by atoms with E-state index < -0.39 is 0 Å². The lowest BCUT2D eigenvalue weighted by Crippen LogP contribution is -2.34. The van der Waals surface area contributed by atoms with E-state index >= 15 is 0 Å². The van der Waals surface area contributed by atoms with Crippen LogP contribution in [-0.2, 0) is 11.2 Å². The molecule has 2 heterocycles. The lowest BCUT2D eigenvalue weighted by atomic mass is 10.1. The predicted molar refractivity (Wildman–Crippen MR) is 113 cm³/mol. The highest BCUT2D eigenvalue weighted by molar-refractivity contribution is 7.22.